The van der Waals surface area contributed by atoms with Gasteiger partial charge in [-0.2, -0.15) is 11.8 Å². The largest absolute Gasteiger partial charge is 0.466 e. The first-order valence-corrected chi connectivity index (χ1v) is 16.6. The predicted octanol–water partition coefficient (Wildman–Crippen LogP) is 7.85. The lowest BCUT2D eigenvalue weighted by molar-refractivity contribution is 0.199. The molecule has 0 spiro atoms. The van der Waals surface area contributed by atoms with Crippen LogP contribution in [0.5, 0.6) is 0 Å². The molecule has 1 rings (SSSR count). The van der Waals surface area contributed by atoms with Gasteiger partial charge < -0.3 is 19.8 Å². The molecule has 0 saturated heterocycles. The Hall–Kier alpha value is 0.420. The van der Waals surface area contributed by atoms with E-state index in [0.29, 0.717) is 12.5 Å². The Balaban J connectivity index is 0.00000184. The van der Waals surface area contributed by atoms with Crippen molar-refractivity contribution in [1.29, 1.82) is 0 Å². The van der Waals surface area contributed by atoms with E-state index in [0.717, 1.165) is 5.92 Å². The van der Waals surface area contributed by atoms with Crippen LogP contribution in [-0.2, 0) is 4.57 Å². The van der Waals surface area contributed by atoms with Crippen molar-refractivity contribution < 1.29 is 24.4 Å². The topological polar surface area (TPSA) is 98.0 Å². The van der Waals surface area contributed by atoms with Crippen LogP contribution in [0.25, 0.3) is 0 Å². The molecule has 0 amide bonds. The zero-order valence-electron chi connectivity index (χ0n) is 21.5. The van der Waals surface area contributed by atoms with Gasteiger partial charge in [0.1, 0.15) is 0 Å². The first-order chi connectivity index (χ1) is 15.9. The lowest BCUT2D eigenvalue weighted by atomic mass is 9.83. The van der Waals surface area contributed by atoms with Crippen LogP contribution >= 0.6 is 19.6 Å². The molecule has 4 N–H and O–H groups in total. The van der Waals surface area contributed by atoms with Crippen molar-refractivity contribution in [2.24, 2.45) is 11.8 Å². The SMILES string of the molecule is CCCCCCCCCCCCCCCCSCC(CO)CC1CCCCC1.O=P(O)(O)O. The Morgan fingerprint density at radius 1 is 0.758 bits per heavy atom. The minimum atomic E-state index is -4.64. The highest BCUT2D eigenvalue weighted by Gasteiger charge is 2.18. The molecule has 1 unspecified atom stereocenters. The highest BCUT2D eigenvalue weighted by atomic mass is 32.2. The average molecular weight is 511 g/mol. The third-order valence-corrected chi connectivity index (χ3v) is 7.93. The van der Waals surface area contributed by atoms with Gasteiger partial charge in [0, 0.05) is 6.61 Å². The molecule has 1 saturated carbocycles. The highest BCUT2D eigenvalue weighted by molar-refractivity contribution is 7.99. The van der Waals surface area contributed by atoms with Crippen LogP contribution in [0.15, 0.2) is 0 Å². The molecule has 1 aliphatic carbocycles. The Labute approximate surface area is 209 Å². The van der Waals surface area contributed by atoms with Crippen LogP contribution in [0.2, 0.25) is 0 Å². The maximum absolute atomic E-state index is 9.67. The number of hydrogen-bond acceptors (Lipinski definition) is 3. The summed E-state index contributed by atoms with van der Waals surface area (Å²) in [6.07, 6.45) is 28.6. The molecule has 0 aliphatic heterocycles. The third-order valence-electron chi connectivity index (χ3n) is 6.65. The summed E-state index contributed by atoms with van der Waals surface area (Å²) in [6, 6.07) is 0. The molecule has 200 valence electrons. The smallest absolute Gasteiger partial charge is 0.396 e. The van der Waals surface area contributed by atoms with Gasteiger partial charge in [-0.1, -0.05) is 122 Å². The summed E-state index contributed by atoms with van der Waals surface area (Å²) in [5.74, 6) is 3.96. The summed E-state index contributed by atoms with van der Waals surface area (Å²) in [7, 11) is -4.64. The quantitative estimate of drug-likeness (QED) is 0.0983. The number of unbranched alkanes of at least 4 members (excludes halogenated alkanes) is 13. The van der Waals surface area contributed by atoms with E-state index in [9.17, 15) is 5.11 Å². The van der Waals surface area contributed by atoms with Crippen LogP contribution in [0.3, 0.4) is 0 Å². The fourth-order valence-electron chi connectivity index (χ4n) is 4.74. The number of aliphatic hydroxyl groups is 1. The zero-order chi connectivity index (χ0) is 24.6. The molecule has 0 aromatic rings. The lowest BCUT2D eigenvalue weighted by Gasteiger charge is -2.25. The van der Waals surface area contributed by atoms with Gasteiger partial charge in [-0.05, 0) is 36.2 Å². The van der Waals surface area contributed by atoms with Gasteiger partial charge in [-0.25, -0.2) is 4.57 Å². The monoisotopic (exact) mass is 510 g/mol. The summed E-state index contributed by atoms with van der Waals surface area (Å²) < 4.78 is 8.88. The van der Waals surface area contributed by atoms with Crippen LogP contribution in [-0.4, -0.2) is 37.9 Å². The van der Waals surface area contributed by atoms with E-state index >= 15 is 0 Å². The van der Waals surface area contributed by atoms with Gasteiger partial charge in [-0.15, -0.1) is 0 Å². The molecule has 0 heterocycles. The third kappa shape index (κ3) is 28.5. The van der Waals surface area contributed by atoms with Gasteiger partial charge in [-0.3, -0.25) is 0 Å². The van der Waals surface area contributed by atoms with Gasteiger partial charge >= 0.3 is 7.82 Å². The molecule has 0 aromatic carbocycles. The van der Waals surface area contributed by atoms with Crippen LogP contribution < -0.4 is 0 Å². The average Bonchev–Trinajstić information content (AvgIpc) is 2.77. The first-order valence-electron chi connectivity index (χ1n) is 13.8. The fraction of sp³-hybridized carbons (Fsp3) is 1.00. The Morgan fingerprint density at radius 2 is 1.18 bits per heavy atom. The second kappa shape index (κ2) is 24.1. The molecule has 0 aromatic heterocycles. The molecule has 7 heteroatoms. The number of phosphoric acid groups is 1. The van der Waals surface area contributed by atoms with E-state index in [4.69, 9.17) is 19.2 Å². The molecular weight excluding hydrogens is 455 g/mol. The van der Waals surface area contributed by atoms with E-state index in [1.165, 1.54) is 140 Å². The normalized spacial score (nSPS) is 15.8. The van der Waals surface area contributed by atoms with Crippen molar-refractivity contribution in [3.63, 3.8) is 0 Å². The summed E-state index contributed by atoms with van der Waals surface area (Å²) in [6.45, 7) is 2.70. The molecule has 1 atom stereocenters. The molecule has 1 fully saturated rings. The maximum atomic E-state index is 9.67. The Kier molecular flexibility index (Phi) is 24.4. The van der Waals surface area contributed by atoms with E-state index in [1.54, 1.807) is 0 Å². The number of rotatable bonds is 20. The van der Waals surface area contributed by atoms with Gasteiger partial charge in [0.25, 0.3) is 0 Å². The molecule has 5 nitrogen and oxygen atoms in total. The van der Waals surface area contributed by atoms with Crippen molar-refractivity contribution in [2.75, 3.05) is 18.1 Å². The van der Waals surface area contributed by atoms with Gasteiger partial charge in [0.2, 0.25) is 0 Å². The van der Waals surface area contributed by atoms with E-state index < -0.39 is 7.82 Å². The van der Waals surface area contributed by atoms with Crippen molar-refractivity contribution in [2.45, 2.75) is 135 Å². The van der Waals surface area contributed by atoms with Crippen molar-refractivity contribution in [1.82, 2.24) is 0 Å². The summed E-state index contributed by atoms with van der Waals surface area (Å²) >= 11 is 2.10. The Morgan fingerprint density at radius 3 is 1.61 bits per heavy atom. The zero-order valence-corrected chi connectivity index (χ0v) is 23.2. The number of thioether (sulfide) groups is 1. The second-order valence-electron chi connectivity index (χ2n) is 9.97. The van der Waals surface area contributed by atoms with E-state index in [1.807, 2.05) is 0 Å². The highest BCUT2D eigenvalue weighted by Crippen LogP contribution is 2.30. The number of hydrogen-bond donors (Lipinski definition) is 4. The van der Waals surface area contributed by atoms with E-state index in [-0.39, 0.29) is 0 Å². The molecule has 33 heavy (non-hydrogen) atoms. The Bertz CT molecular complexity index is 432. The van der Waals surface area contributed by atoms with Crippen molar-refractivity contribution in [3.8, 4) is 0 Å². The summed E-state index contributed by atoms with van der Waals surface area (Å²) in [5, 5.41) is 9.67. The van der Waals surface area contributed by atoms with Gasteiger partial charge in [0.15, 0.2) is 0 Å². The second-order valence-corrected chi connectivity index (χ2v) is 12.1. The lowest BCUT2D eigenvalue weighted by Crippen LogP contribution is -2.17. The summed E-state index contributed by atoms with van der Waals surface area (Å²) in [5.41, 5.74) is 0. The molecule has 0 radical (unpaired) electrons. The molecule has 1 aliphatic rings. The minimum Gasteiger partial charge on any atom is -0.396 e. The van der Waals surface area contributed by atoms with E-state index in [2.05, 4.69) is 18.7 Å². The first kappa shape index (κ1) is 33.4. The maximum Gasteiger partial charge on any atom is 0.466 e. The molecule has 0 bridgehead atoms. The van der Waals surface area contributed by atoms with Crippen LogP contribution in [0.4, 0.5) is 0 Å². The summed E-state index contributed by atoms with van der Waals surface area (Å²) in [4.78, 5) is 21.6. The predicted molar refractivity (Wildman–Crippen MR) is 144 cm³/mol. The van der Waals surface area contributed by atoms with Crippen molar-refractivity contribution >= 4 is 19.6 Å². The standard InChI is InChI=1S/C26H52OS.H3O4P/c1-2-3-4-5-6-7-8-9-10-11-12-13-14-18-21-28-24-26(23-27)22-25-19-16-15-17-20-25;1-5(2,3)4/h25-27H,2-24H2,1H3;(H3,1,2,3,4). The van der Waals surface area contributed by atoms with Crippen LogP contribution in [0.1, 0.15) is 135 Å². The minimum absolute atomic E-state index is 0.405. The van der Waals surface area contributed by atoms with Crippen molar-refractivity contribution in [3.05, 3.63) is 0 Å². The van der Waals surface area contributed by atoms with Gasteiger partial charge in [0.05, 0.1) is 0 Å². The fourth-order valence-corrected chi connectivity index (χ4v) is 5.89. The number of aliphatic hydroxyl groups excluding tert-OH is 1. The molecular formula is C26H55O5PS. The van der Waals surface area contributed by atoms with Crippen LogP contribution in [0, 0.1) is 11.8 Å².